The molecule has 2 aromatic rings. The monoisotopic (exact) mass is 327 g/mol. The van der Waals surface area contributed by atoms with Crippen molar-refractivity contribution in [1.82, 2.24) is 5.32 Å². The Labute approximate surface area is 141 Å². The number of nitrogens with one attached hydrogen (secondary N) is 1. The van der Waals surface area contributed by atoms with Crippen LogP contribution in [0.3, 0.4) is 0 Å². The lowest BCUT2D eigenvalue weighted by molar-refractivity contribution is 0.174. The largest absolute Gasteiger partial charge is 0.493 e. The molecule has 4 rings (SSSR count). The van der Waals surface area contributed by atoms with Crippen LogP contribution in [0.2, 0.25) is 0 Å². The summed E-state index contributed by atoms with van der Waals surface area (Å²) >= 11 is 0. The first-order valence-electron chi connectivity index (χ1n) is 8.09. The molecule has 1 N–H and O–H groups in total. The fourth-order valence-electron chi connectivity index (χ4n) is 3.53. The molecule has 5 heteroatoms. The van der Waals surface area contributed by atoms with Crippen LogP contribution in [0.5, 0.6) is 23.0 Å². The zero-order valence-electron chi connectivity index (χ0n) is 14.1. The van der Waals surface area contributed by atoms with E-state index in [2.05, 4.69) is 30.4 Å². The van der Waals surface area contributed by atoms with Crippen molar-refractivity contribution >= 4 is 0 Å². The van der Waals surface area contributed by atoms with Gasteiger partial charge in [-0.3, -0.25) is 0 Å². The van der Waals surface area contributed by atoms with Crippen molar-refractivity contribution in [2.24, 2.45) is 0 Å². The van der Waals surface area contributed by atoms with Crippen molar-refractivity contribution in [3.05, 3.63) is 46.5 Å². The van der Waals surface area contributed by atoms with Gasteiger partial charge in [-0.1, -0.05) is 0 Å². The van der Waals surface area contributed by atoms with E-state index in [-0.39, 0.29) is 6.04 Å². The molecule has 0 aliphatic carbocycles. The summed E-state index contributed by atoms with van der Waals surface area (Å²) in [7, 11) is 3.32. The van der Waals surface area contributed by atoms with Gasteiger partial charge in [0.25, 0.3) is 0 Å². The van der Waals surface area contributed by atoms with Gasteiger partial charge in [0.15, 0.2) is 23.0 Å². The van der Waals surface area contributed by atoms with Crippen molar-refractivity contribution in [2.75, 3.05) is 27.6 Å². The molecule has 0 saturated heterocycles. The van der Waals surface area contributed by atoms with E-state index in [9.17, 15) is 0 Å². The van der Waals surface area contributed by atoms with Crippen LogP contribution in [0.4, 0.5) is 0 Å². The van der Waals surface area contributed by atoms with E-state index >= 15 is 0 Å². The number of benzene rings is 2. The average Bonchev–Trinajstić information content (AvgIpc) is 3.06. The minimum absolute atomic E-state index is 0.100. The number of hydrogen-bond donors (Lipinski definition) is 1. The third-order valence-corrected chi connectivity index (χ3v) is 4.77. The van der Waals surface area contributed by atoms with Gasteiger partial charge in [-0.15, -0.1) is 0 Å². The highest BCUT2D eigenvalue weighted by atomic mass is 16.7. The van der Waals surface area contributed by atoms with Crippen LogP contribution in [0.15, 0.2) is 24.3 Å². The predicted octanol–water partition coefficient (Wildman–Crippen LogP) is 2.98. The molecule has 0 fully saturated rings. The molecule has 0 amide bonds. The van der Waals surface area contributed by atoms with E-state index in [1.54, 1.807) is 14.2 Å². The standard InChI is InChI=1S/C19H21NO4/c1-11-6-15(21-2)16(22-3)8-13(11)19-14-9-18-17(23-10-24-18)7-12(14)4-5-20-19/h6-9,19-20H,4-5,10H2,1-3H3. The lowest BCUT2D eigenvalue weighted by Gasteiger charge is -2.29. The molecule has 0 radical (unpaired) electrons. The van der Waals surface area contributed by atoms with E-state index in [1.807, 2.05) is 6.07 Å². The molecule has 2 aliphatic heterocycles. The molecule has 1 atom stereocenters. The summed E-state index contributed by atoms with van der Waals surface area (Å²) in [5.74, 6) is 3.16. The smallest absolute Gasteiger partial charge is 0.231 e. The maximum Gasteiger partial charge on any atom is 0.231 e. The van der Waals surface area contributed by atoms with Gasteiger partial charge in [0.1, 0.15) is 0 Å². The fraction of sp³-hybridized carbons (Fsp3) is 0.368. The summed E-state index contributed by atoms with van der Waals surface area (Å²) in [6.07, 6.45) is 0.981. The van der Waals surface area contributed by atoms with Crippen LogP contribution in [0.25, 0.3) is 0 Å². The molecule has 0 aromatic heterocycles. The lowest BCUT2D eigenvalue weighted by atomic mass is 9.87. The second-order valence-electron chi connectivity index (χ2n) is 6.11. The van der Waals surface area contributed by atoms with Crippen LogP contribution < -0.4 is 24.3 Å². The first-order valence-corrected chi connectivity index (χ1v) is 8.09. The Bertz CT molecular complexity index is 787. The third-order valence-electron chi connectivity index (χ3n) is 4.77. The molecular weight excluding hydrogens is 306 g/mol. The Morgan fingerprint density at radius 2 is 1.67 bits per heavy atom. The Morgan fingerprint density at radius 1 is 0.958 bits per heavy atom. The van der Waals surface area contributed by atoms with Gasteiger partial charge in [-0.05, 0) is 59.9 Å². The maximum absolute atomic E-state index is 5.57. The number of fused-ring (bicyclic) bond motifs is 2. The van der Waals surface area contributed by atoms with E-state index in [0.29, 0.717) is 6.79 Å². The summed E-state index contributed by atoms with van der Waals surface area (Å²) in [4.78, 5) is 0. The van der Waals surface area contributed by atoms with E-state index in [0.717, 1.165) is 41.5 Å². The number of aryl methyl sites for hydroxylation is 1. The van der Waals surface area contributed by atoms with Gasteiger partial charge >= 0.3 is 0 Å². The average molecular weight is 327 g/mol. The number of hydrogen-bond acceptors (Lipinski definition) is 5. The molecule has 5 nitrogen and oxygen atoms in total. The molecule has 1 unspecified atom stereocenters. The zero-order valence-corrected chi connectivity index (χ0v) is 14.1. The molecule has 2 aromatic carbocycles. The van der Waals surface area contributed by atoms with Gasteiger partial charge in [-0.25, -0.2) is 0 Å². The third kappa shape index (κ3) is 2.36. The highest BCUT2D eigenvalue weighted by Crippen LogP contribution is 2.42. The van der Waals surface area contributed by atoms with Gasteiger partial charge < -0.3 is 24.3 Å². The summed E-state index contributed by atoms with van der Waals surface area (Å²) in [5.41, 5.74) is 4.89. The first kappa shape index (κ1) is 15.1. The number of ether oxygens (including phenoxy) is 4. The van der Waals surface area contributed by atoms with Crippen molar-refractivity contribution < 1.29 is 18.9 Å². The first-order chi connectivity index (χ1) is 11.7. The molecule has 2 heterocycles. The molecule has 0 saturated carbocycles. The summed E-state index contributed by atoms with van der Waals surface area (Å²) < 4.78 is 22.0. The molecule has 0 spiro atoms. The van der Waals surface area contributed by atoms with Crippen LogP contribution in [0, 0.1) is 6.92 Å². The zero-order chi connectivity index (χ0) is 16.7. The molecule has 126 valence electrons. The quantitative estimate of drug-likeness (QED) is 0.939. The minimum Gasteiger partial charge on any atom is -0.493 e. The highest BCUT2D eigenvalue weighted by Gasteiger charge is 2.27. The van der Waals surface area contributed by atoms with Crippen molar-refractivity contribution in [3.8, 4) is 23.0 Å². The Kier molecular flexibility index (Phi) is 3.73. The van der Waals surface area contributed by atoms with E-state index in [4.69, 9.17) is 18.9 Å². The molecule has 0 bridgehead atoms. The van der Waals surface area contributed by atoms with Gasteiger partial charge in [0, 0.05) is 6.54 Å². The van der Waals surface area contributed by atoms with Gasteiger partial charge in [-0.2, -0.15) is 0 Å². The Balaban J connectivity index is 1.82. The van der Waals surface area contributed by atoms with Gasteiger partial charge in [0.05, 0.1) is 20.3 Å². The van der Waals surface area contributed by atoms with Gasteiger partial charge in [0.2, 0.25) is 6.79 Å². The van der Waals surface area contributed by atoms with Crippen molar-refractivity contribution in [2.45, 2.75) is 19.4 Å². The van der Waals surface area contributed by atoms with Crippen LogP contribution in [-0.4, -0.2) is 27.6 Å². The summed E-state index contributed by atoms with van der Waals surface area (Å²) in [6.45, 7) is 3.32. The van der Waals surface area contributed by atoms with E-state index in [1.165, 1.54) is 16.7 Å². The second kappa shape index (κ2) is 5.91. The minimum atomic E-state index is 0.100. The molecular formula is C19H21NO4. The SMILES string of the molecule is COc1cc(C)c(C2NCCc3cc4c(cc32)OCO4)cc1OC. The van der Waals surface area contributed by atoms with Crippen molar-refractivity contribution in [3.63, 3.8) is 0 Å². The van der Waals surface area contributed by atoms with Crippen LogP contribution in [-0.2, 0) is 6.42 Å². The van der Waals surface area contributed by atoms with Crippen LogP contribution >= 0.6 is 0 Å². The van der Waals surface area contributed by atoms with Crippen molar-refractivity contribution in [1.29, 1.82) is 0 Å². The lowest BCUT2D eigenvalue weighted by Crippen LogP contribution is -2.31. The maximum atomic E-state index is 5.57. The van der Waals surface area contributed by atoms with E-state index < -0.39 is 0 Å². The molecule has 24 heavy (non-hydrogen) atoms. The normalized spacial score (nSPS) is 18.2. The topological polar surface area (TPSA) is 49.0 Å². The predicted molar refractivity (Wildman–Crippen MR) is 90.4 cm³/mol. The Hall–Kier alpha value is -2.40. The fourth-order valence-corrected chi connectivity index (χ4v) is 3.53. The second-order valence-corrected chi connectivity index (χ2v) is 6.11. The molecule has 2 aliphatic rings. The number of rotatable bonds is 3. The number of methoxy groups -OCH3 is 2. The highest BCUT2D eigenvalue weighted by molar-refractivity contribution is 5.55. The summed E-state index contributed by atoms with van der Waals surface area (Å²) in [6, 6.07) is 8.40. The van der Waals surface area contributed by atoms with Crippen LogP contribution in [0.1, 0.15) is 28.3 Å². The summed E-state index contributed by atoms with van der Waals surface area (Å²) in [5, 5.41) is 3.62. The Morgan fingerprint density at radius 3 is 2.42 bits per heavy atom.